The molecule has 0 bridgehead atoms. The quantitative estimate of drug-likeness (QED) is 0.835. The number of benzene rings is 1. The second-order valence-electron chi connectivity index (χ2n) is 5.09. The van der Waals surface area contributed by atoms with E-state index in [1.165, 1.54) is 10.4 Å². The molecule has 2 rings (SSSR count). The lowest BCUT2D eigenvalue weighted by molar-refractivity contribution is 0.0184. The minimum absolute atomic E-state index is 0.0739. The number of halogens is 1. The van der Waals surface area contributed by atoms with Gasteiger partial charge in [-0.15, -0.1) is 0 Å². The number of ether oxygens (including phenoxy) is 1. The third-order valence-electron chi connectivity index (χ3n) is 3.74. The number of hydrogen-bond acceptors (Lipinski definition) is 4. The van der Waals surface area contributed by atoms with Crippen LogP contribution in [0.5, 0.6) is 0 Å². The largest absolute Gasteiger partial charge is 0.398 e. The zero-order valence-corrected chi connectivity index (χ0v) is 13.9. The van der Waals surface area contributed by atoms with Gasteiger partial charge < -0.3 is 10.5 Å². The van der Waals surface area contributed by atoms with Crippen molar-refractivity contribution in [2.75, 3.05) is 25.9 Å². The van der Waals surface area contributed by atoms with Gasteiger partial charge in [-0.3, -0.25) is 0 Å². The SMILES string of the molecule is COC1CN(S(=O)(=O)c2ccc(Br)cc2N)CCC1C. The van der Waals surface area contributed by atoms with E-state index in [1.807, 2.05) is 0 Å². The molecule has 0 saturated carbocycles. The third-order valence-corrected chi connectivity index (χ3v) is 6.18. The van der Waals surface area contributed by atoms with E-state index in [0.717, 1.165) is 10.9 Å². The first-order valence-corrected chi connectivity index (χ1v) is 8.67. The highest BCUT2D eigenvalue weighted by atomic mass is 79.9. The standard InChI is InChI=1S/C13H19BrN2O3S/c1-9-5-6-16(8-12(9)19-2)20(17,18)13-4-3-10(14)7-11(13)15/h3-4,7,9,12H,5-6,8,15H2,1-2H3. The van der Waals surface area contributed by atoms with Gasteiger partial charge in [-0.25, -0.2) is 8.42 Å². The Labute approximate surface area is 128 Å². The van der Waals surface area contributed by atoms with Gasteiger partial charge >= 0.3 is 0 Å². The molecule has 1 aliphatic heterocycles. The zero-order chi connectivity index (χ0) is 14.9. The van der Waals surface area contributed by atoms with Crippen LogP contribution >= 0.6 is 15.9 Å². The van der Waals surface area contributed by atoms with Crippen LogP contribution in [-0.4, -0.2) is 39.0 Å². The van der Waals surface area contributed by atoms with Crippen LogP contribution in [0.3, 0.4) is 0 Å². The number of rotatable bonds is 3. The van der Waals surface area contributed by atoms with Crippen LogP contribution in [0.15, 0.2) is 27.6 Å². The van der Waals surface area contributed by atoms with Gasteiger partial charge in [0.1, 0.15) is 4.90 Å². The van der Waals surface area contributed by atoms with Crippen LogP contribution < -0.4 is 5.73 Å². The van der Waals surface area contributed by atoms with E-state index in [1.54, 1.807) is 19.2 Å². The molecule has 1 aromatic rings. The van der Waals surface area contributed by atoms with Gasteiger partial charge in [0.25, 0.3) is 0 Å². The van der Waals surface area contributed by atoms with E-state index in [4.69, 9.17) is 10.5 Å². The second kappa shape index (κ2) is 6.01. The predicted molar refractivity (Wildman–Crippen MR) is 81.9 cm³/mol. The molecule has 0 aromatic heterocycles. The third kappa shape index (κ3) is 3.00. The molecule has 1 fully saturated rings. The Morgan fingerprint density at radius 3 is 2.75 bits per heavy atom. The summed E-state index contributed by atoms with van der Waals surface area (Å²) in [5.41, 5.74) is 6.10. The minimum atomic E-state index is -3.57. The number of anilines is 1. The van der Waals surface area contributed by atoms with Gasteiger partial charge in [-0.2, -0.15) is 4.31 Å². The highest BCUT2D eigenvalue weighted by molar-refractivity contribution is 9.10. The fourth-order valence-electron chi connectivity index (χ4n) is 2.42. The van der Waals surface area contributed by atoms with Crippen molar-refractivity contribution in [2.45, 2.75) is 24.3 Å². The lowest BCUT2D eigenvalue weighted by Gasteiger charge is -2.35. The Bertz CT molecular complexity index is 591. The van der Waals surface area contributed by atoms with E-state index in [9.17, 15) is 8.42 Å². The average molecular weight is 363 g/mol. The fourth-order valence-corrected chi connectivity index (χ4v) is 4.37. The van der Waals surface area contributed by atoms with Crippen LogP contribution in [-0.2, 0) is 14.8 Å². The summed E-state index contributed by atoms with van der Waals surface area (Å²) in [5.74, 6) is 0.355. The first kappa shape index (κ1) is 15.8. The number of piperidine rings is 1. The minimum Gasteiger partial charge on any atom is -0.398 e. The van der Waals surface area contributed by atoms with Crippen LogP contribution in [0.25, 0.3) is 0 Å². The van der Waals surface area contributed by atoms with Crippen molar-refractivity contribution in [3.8, 4) is 0 Å². The Kier molecular flexibility index (Phi) is 4.73. The van der Waals surface area contributed by atoms with Crippen molar-refractivity contribution in [1.29, 1.82) is 0 Å². The molecule has 1 saturated heterocycles. The molecular formula is C13H19BrN2O3S. The number of methoxy groups -OCH3 is 1. The maximum Gasteiger partial charge on any atom is 0.245 e. The summed E-state index contributed by atoms with van der Waals surface area (Å²) in [6.45, 7) is 2.94. The fraction of sp³-hybridized carbons (Fsp3) is 0.538. The number of hydrogen-bond donors (Lipinski definition) is 1. The van der Waals surface area contributed by atoms with Crippen LogP contribution in [0.4, 0.5) is 5.69 Å². The van der Waals surface area contributed by atoms with E-state index in [2.05, 4.69) is 22.9 Å². The molecule has 0 radical (unpaired) electrons. The lowest BCUT2D eigenvalue weighted by atomic mass is 9.97. The summed E-state index contributed by atoms with van der Waals surface area (Å²) < 4.78 is 32.9. The molecular weight excluding hydrogens is 344 g/mol. The molecule has 1 heterocycles. The maximum absolute atomic E-state index is 12.7. The molecule has 5 nitrogen and oxygen atoms in total. The van der Waals surface area contributed by atoms with Gasteiger partial charge in [-0.1, -0.05) is 22.9 Å². The molecule has 2 atom stereocenters. The molecule has 0 spiro atoms. The monoisotopic (exact) mass is 362 g/mol. The van der Waals surface area contributed by atoms with Crippen molar-refractivity contribution in [3.63, 3.8) is 0 Å². The number of nitrogens with two attached hydrogens (primary N) is 1. The van der Waals surface area contributed by atoms with Gasteiger partial charge in [0.15, 0.2) is 0 Å². The van der Waals surface area contributed by atoms with Crippen LogP contribution in [0.1, 0.15) is 13.3 Å². The normalized spacial score (nSPS) is 24.8. The Morgan fingerprint density at radius 1 is 1.45 bits per heavy atom. The molecule has 1 aromatic carbocycles. The molecule has 0 aliphatic carbocycles. The molecule has 2 N–H and O–H groups in total. The highest BCUT2D eigenvalue weighted by Crippen LogP contribution is 2.29. The Balaban J connectivity index is 2.31. The first-order chi connectivity index (χ1) is 9.36. The van der Waals surface area contributed by atoms with Gasteiger partial charge in [0.2, 0.25) is 10.0 Å². The Morgan fingerprint density at radius 2 is 2.15 bits per heavy atom. The van der Waals surface area contributed by atoms with E-state index in [-0.39, 0.29) is 16.7 Å². The van der Waals surface area contributed by atoms with E-state index < -0.39 is 10.0 Å². The molecule has 20 heavy (non-hydrogen) atoms. The predicted octanol–water partition coefficient (Wildman–Crippen LogP) is 2.08. The summed E-state index contributed by atoms with van der Waals surface area (Å²) in [6.07, 6.45) is 0.712. The van der Waals surface area contributed by atoms with Gasteiger partial charge in [0, 0.05) is 24.7 Å². The summed E-state index contributed by atoms with van der Waals surface area (Å²) in [6, 6.07) is 4.82. The summed E-state index contributed by atoms with van der Waals surface area (Å²) >= 11 is 3.28. The van der Waals surface area contributed by atoms with Crippen molar-refractivity contribution in [2.24, 2.45) is 5.92 Å². The van der Waals surface area contributed by atoms with E-state index in [0.29, 0.717) is 19.0 Å². The van der Waals surface area contributed by atoms with Gasteiger partial charge in [-0.05, 0) is 30.5 Å². The topological polar surface area (TPSA) is 72.6 Å². The van der Waals surface area contributed by atoms with Crippen molar-refractivity contribution in [1.82, 2.24) is 4.31 Å². The Hall–Kier alpha value is -0.630. The highest BCUT2D eigenvalue weighted by Gasteiger charge is 2.34. The van der Waals surface area contributed by atoms with E-state index >= 15 is 0 Å². The van der Waals surface area contributed by atoms with Crippen LogP contribution in [0.2, 0.25) is 0 Å². The average Bonchev–Trinajstić information content (AvgIpc) is 2.38. The summed E-state index contributed by atoms with van der Waals surface area (Å²) in [5, 5.41) is 0. The van der Waals surface area contributed by atoms with Crippen LogP contribution in [0, 0.1) is 5.92 Å². The molecule has 2 unspecified atom stereocenters. The van der Waals surface area contributed by atoms with Crippen molar-refractivity contribution < 1.29 is 13.2 Å². The van der Waals surface area contributed by atoms with Crippen molar-refractivity contribution >= 4 is 31.6 Å². The molecule has 1 aliphatic rings. The first-order valence-electron chi connectivity index (χ1n) is 6.44. The molecule has 112 valence electrons. The number of sulfonamides is 1. The zero-order valence-electron chi connectivity index (χ0n) is 11.5. The van der Waals surface area contributed by atoms with Gasteiger partial charge in [0.05, 0.1) is 11.8 Å². The number of nitrogen functional groups attached to an aromatic ring is 1. The van der Waals surface area contributed by atoms with Crippen molar-refractivity contribution in [3.05, 3.63) is 22.7 Å². The summed E-state index contributed by atoms with van der Waals surface area (Å²) in [7, 11) is -1.95. The maximum atomic E-state index is 12.7. The second-order valence-corrected chi connectivity index (χ2v) is 7.91. The molecule has 7 heteroatoms. The summed E-state index contributed by atoms with van der Waals surface area (Å²) in [4.78, 5) is 0.158. The lowest BCUT2D eigenvalue weighted by Crippen LogP contribution is -2.46. The number of nitrogens with zero attached hydrogens (tertiary/aromatic N) is 1. The smallest absolute Gasteiger partial charge is 0.245 e. The molecule has 0 amide bonds.